The Labute approximate surface area is 306 Å². The molecule has 0 aliphatic carbocycles. The standard InChI is InChI=1S/C38H42N8O7/c1-23-15-27-19-40-29-18-32(31(52-4)17-28(29)38(51)46(27)20-23)53-14-5-7-34(48)42-33-22-45(3)35(43-33)37(50)41-26-10-8-24(9-11-26)25-16-30(44(2)21-25)36(49)39-12-6-13-47/h8-11,16-19,21-22,27,47H,1,5-7,12-15,20H2,2-4H3,(H,39,49)(H,41,50)(H,42,48). The van der Waals surface area contributed by atoms with Crippen LogP contribution in [0.25, 0.3) is 11.1 Å². The molecular weight excluding hydrogens is 680 g/mol. The van der Waals surface area contributed by atoms with Crippen LogP contribution in [0.1, 0.15) is 57.1 Å². The lowest BCUT2D eigenvalue weighted by atomic mass is 10.1. The predicted molar refractivity (Wildman–Crippen MR) is 199 cm³/mol. The highest BCUT2D eigenvalue weighted by Gasteiger charge is 2.34. The van der Waals surface area contributed by atoms with E-state index in [9.17, 15) is 19.2 Å². The molecule has 1 saturated heterocycles. The summed E-state index contributed by atoms with van der Waals surface area (Å²) in [7, 11) is 4.95. The van der Waals surface area contributed by atoms with Gasteiger partial charge in [-0.05, 0) is 49.1 Å². The van der Waals surface area contributed by atoms with E-state index < -0.39 is 5.91 Å². The molecule has 2 aliphatic rings. The second kappa shape index (κ2) is 16.0. The Morgan fingerprint density at radius 1 is 0.981 bits per heavy atom. The number of aliphatic imine (C=N–C) groups is 1. The summed E-state index contributed by atoms with van der Waals surface area (Å²) in [5.41, 5.74) is 4.64. The summed E-state index contributed by atoms with van der Waals surface area (Å²) in [4.78, 5) is 62.1. The number of imidazole rings is 1. The number of rotatable bonds is 14. The summed E-state index contributed by atoms with van der Waals surface area (Å²) in [5.74, 6) is 0.0403. The molecular formula is C38H42N8O7. The third-order valence-electron chi connectivity index (χ3n) is 8.94. The fourth-order valence-electron chi connectivity index (χ4n) is 6.22. The van der Waals surface area contributed by atoms with Crippen molar-refractivity contribution in [2.75, 3.05) is 44.0 Å². The highest BCUT2D eigenvalue weighted by molar-refractivity contribution is 6.04. The molecule has 276 valence electrons. The third-order valence-corrected chi connectivity index (χ3v) is 8.94. The second-order valence-corrected chi connectivity index (χ2v) is 12.9. The van der Waals surface area contributed by atoms with E-state index in [-0.39, 0.29) is 55.0 Å². The first-order valence-electron chi connectivity index (χ1n) is 17.2. The smallest absolute Gasteiger partial charge is 0.291 e. The maximum atomic E-state index is 13.2. The number of carbonyl (C=O) groups excluding carboxylic acids is 4. The monoisotopic (exact) mass is 722 g/mol. The first-order chi connectivity index (χ1) is 25.5. The van der Waals surface area contributed by atoms with Crippen LogP contribution in [0.15, 0.2) is 72.0 Å². The summed E-state index contributed by atoms with van der Waals surface area (Å²) in [6.07, 6.45) is 6.84. The third kappa shape index (κ3) is 8.31. The minimum Gasteiger partial charge on any atom is -0.493 e. The molecule has 2 aromatic heterocycles. The molecule has 6 rings (SSSR count). The van der Waals surface area contributed by atoms with E-state index >= 15 is 0 Å². The van der Waals surface area contributed by atoms with Gasteiger partial charge in [0, 0.05) is 76.1 Å². The minimum absolute atomic E-state index is 0.00573. The number of anilines is 2. The fraction of sp³-hybridized carbons (Fsp3) is 0.316. The Bertz CT molecular complexity index is 2080. The Morgan fingerprint density at radius 2 is 1.77 bits per heavy atom. The summed E-state index contributed by atoms with van der Waals surface area (Å²) >= 11 is 0. The van der Waals surface area contributed by atoms with Crippen LogP contribution in [0.4, 0.5) is 17.2 Å². The van der Waals surface area contributed by atoms with Gasteiger partial charge >= 0.3 is 0 Å². The molecule has 0 saturated carbocycles. The van der Waals surface area contributed by atoms with Gasteiger partial charge in [0.1, 0.15) is 5.69 Å². The number of hydrogen-bond acceptors (Lipinski definition) is 9. The van der Waals surface area contributed by atoms with E-state index in [1.165, 1.54) is 11.7 Å². The number of aliphatic hydroxyl groups excluding tert-OH is 1. The van der Waals surface area contributed by atoms with Crippen molar-refractivity contribution in [1.29, 1.82) is 0 Å². The molecule has 15 nitrogen and oxygen atoms in total. The highest BCUT2D eigenvalue weighted by Crippen LogP contribution is 2.38. The van der Waals surface area contributed by atoms with Gasteiger partial charge in [-0.25, -0.2) is 4.98 Å². The van der Waals surface area contributed by atoms with Crippen LogP contribution < -0.4 is 25.4 Å². The molecule has 4 N–H and O–H groups in total. The Hall–Kier alpha value is -6.22. The fourth-order valence-corrected chi connectivity index (χ4v) is 6.22. The van der Waals surface area contributed by atoms with Crippen molar-refractivity contribution < 1.29 is 33.8 Å². The van der Waals surface area contributed by atoms with Crippen molar-refractivity contribution in [3.63, 3.8) is 0 Å². The van der Waals surface area contributed by atoms with Crippen LogP contribution in [0.2, 0.25) is 0 Å². The summed E-state index contributed by atoms with van der Waals surface area (Å²) in [6, 6.07) is 12.2. The average molecular weight is 723 g/mol. The largest absolute Gasteiger partial charge is 0.493 e. The minimum atomic E-state index is -0.456. The van der Waals surface area contributed by atoms with Crippen LogP contribution in [0.3, 0.4) is 0 Å². The molecule has 53 heavy (non-hydrogen) atoms. The number of carbonyl (C=O) groups is 4. The summed E-state index contributed by atoms with van der Waals surface area (Å²) in [6.45, 7) is 5.10. The van der Waals surface area contributed by atoms with Crippen molar-refractivity contribution in [2.45, 2.75) is 31.7 Å². The molecule has 15 heteroatoms. The van der Waals surface area contributed by atoms with Gasteiger partial charge in [0.05, 0.1) is 31.0 Å². The number of nitrogens with one attached hydrogen (secondary N) is 3. The van der Waals surface area contributed by atoms with Gasteiger partial charge < -0.3 is 44.6 Å². The normalized spacial score (nSPS) is 14.7. The lowest BCUT2D eigenvalue weighted by molar-refractivity contribution is -0.116. The Kier molecular flexibility index (Phi) is 11.0. The van der Waals surface area contributed by atoms with Gasteiger partial charge in [-0.15, -0.1) is 0 Å². The van der Waals surface area contributed by atoms with Crippen molar-refractivity contribution in [3.8, 4) is 22.6 Å². The number of ether oxygens (including phenoxy) is 2. The van der Waals surface area contributed by atoms with E-state index in [1.54, 1.807) is 66.3 Å². The number of nitrogens with zero attached hydrogens (tertiary/aromatic N) is 5. The first-order valence-corrected chi connectivity index (χ1v) is 17.2. The van der Waals surface area contributed by atoms with Crippen LogP contribution in [0.5, 0.6) is 11.5 Å². The van der Waals surface area contributed by atoms with Gasteiger partial charge in [-0.1, -0.05) is 24.3 Å². The number of aliphatic hydroxyl groups is 1. The molecule has 2 aliphatic heterocycles. The van der Waals surface area contributed by atoms with Gasteiger partial charge in [0.15, 0.2) is 17.3 Å². The average Bonchev–Trinajstić information content (AvgIpc) is 3.82. The summed E-state index contributed by atoms with van der Waals surface area (Å²) < 4.78 is 14.7. The maximum absolute atomic E-state index is 13.2. The zero-order chi connectivity index (χ0) is 37.6. The zero-order valence-electron chi connectivity index (χ0n) is 29.8. The van der Waals surface area contributed by atoms with E-state index in [1.807, 2.05) is 18.3 Å². The number of methoxy groups -OCH3 is 1. The van der Waals surface area contributed by atoms with E-state index in [4.69, 9.17) is 14.6 Å². The molecule has 1 unspecified atom stereocenters. The molecule has 1 atom stereocenters. The molecule has 2 aromatic carbocycles. The molecule has 4 aromatic rings. The number of aryl methyl sites for hydroxylation is 2. The number of hydrogen-bond donors (Lipinski definition) is 4. The van der Waals surface area contributed by atoms with Crippen molar-refractivity contribution in [2.24, 2.45) is 19.1 Å². The van der Waals surface area contributed by atoms with Gasteiger partial charge in [-0.2, -0.15) is 0 Å². The van der Waals surface area contributed by atoms with Gasteiger partial charge in [0.25, 0.3) is 17.7 Å². The summed E-state index contributed by atoms with van der Waals surface area (Å²) in [5, 5.41) is 17.3. The SMILES string of the molecule is C=C1CC2C=Nc3cc(OCCCC(=O)Nc4cn(C)c(C(=O)Nc5ccc(-c6cc(C(=O)NCCCO)n(C)c6)cc5)n4)c(OC)cc3C(=O)N2C1. The Morgan fingerprint density at radius 3 is 2.53 bits per heavy atom. The van der Waals surface area contributed by atoms with Crippen molar-refractivity contribution in [3.05, 3.63) is 84.1 Å². The number of amides is 4. The van der Waals surface area contributed by atoms with Crippen LogP contribution in [-0.4, -0.2) is 93.4 Å². The molecule has 0 bridgehead atoms. The lowest BCUT2D eigenvalue weighted by Crippen LogP contribution is -2.35. The number of fused-ring (bicyclic) bond motifs is 2. The van der Waals surface area contributed by atoms with Crippen molar-refractivity contribution in [1.82, 2.24) is 24.3 Å². The molecule has 4 amide bonds. The van der Waals surface area contributed by atoms with Gasteiger partial charge in [0.2, 0.25) is 11.7 Å². The molecule has 0 radical (unpaired) electrons. The van der Waals surface area contributed by atoms with Crippen LogP contribution in [-0.2, 0) is 18.9 Å². The molecule has 1 fully saturated rings. The number of aromatic nitrogens is 3. The van der Waals surface area contributed by atoms with Gasteiger partial charge in [-0.3, -0.25) is 24.2 Å². The highest BCUT2D eigenvalue weighted by atomic mass is 16.5. The van der Waals surface area contributed by atoms with Crippen LogP contribution in [0, 0.1) is 0 Å². The lowest BCUT2D eigenvalue weighted by Gasteiger charge is -2.20. The Balaban J connectivity index is 0.991. The first kappa shape index (κ1) is 36.6. The molecule has 0 spiro atoms. The van der Waals surface area contributed by atoms with E-state index in [0.29, 0.717) is 66.5 Å². The zero-order valence-corrected chi connectivity index (χ0v) is 29.8. The maximum Gasteiger partial charge on any atom is 0.291 e. The number of benzene rings is 2. The van der Waals surface area contributed by atoms with E-state index in [0.717, 1.165) is 16.7 Å². The predicted octanol–water partition coefficient (Wildman–Crippen LogP) is 4.08. The van der Waals surface area contributed by atoms with E-state index in [2.05, 4.69) is 32.5 Å². The topological polar surface area (TPSA) is 181 Å². The quantitative estimate of drug-likeness (QED) is 0.111. The van der Waals surface area contributed by atoms with Crippen LogP contribution >= 0.6 is 0 Å². The molecule has 4 heterocycles. The second-order valence-electron chi connectivity index (χ2n) is 12.9. The van der Waals surface area contributed by atoms with Crippen molar-refractivity contribution >= 4 is 47.0 Å².